The highest BCUT2D eigenvalue weighted by Crippen LogP contribution is 2.26. The fourth-order valence-electron chi connectivity index (χ4n) is 2.31. The quantitative estimate of drug-likeness (QED) is 0.781. The van der Waals surface area contributed by atoms with Gasteiger partial charge in [0.15, 0.2) is 0 Å². The van der Waals surface area contributed by atoms with E-state index in [2.05, 4.69) is 5.32 Å². The van der Waals surface area contributed by atoms with Crippen molar-refractivity contribution >= 4 is 6.09 Å². The molecule has 0 saturated heterocycles. The van der Waals surface area contributed by atoms with Crippen molar-refractivity contribution in [3.05, 3.63) is 0 Å². The first kappa shape index (κ1) is 14.3. The smallest absolute Gasteiger partial charge is 0.407 e. The molecule has 0 spiro atoms. The average molecular weight is 242 g/mol. The number of hydrogen-bond acceptors (Lipinski definition) is 3. The SMILES string of the molecule is C[C@@H](N)C1CCC[C@@H](NC(=O)OC(C)(C)C)C1. The molecule has 1 aliphatic rings. The van der Waals surface area contributed by atoms with Crippen LogP contribution in [0.25, 0.3) is 0 Å². The van der Waals surface area contributed by atoms with Crippen LogP contribution in [0.2, 0.25) is 0 Å². The van der Waals surface area contributed by atoms with Gasteiger partial charge in [-0.1, -0.05) is 6.42 Å². The largest absolute Gasteiger partial charge is 0.444 e. The zero-order valence-electron chi connectivity index (χ0n) is 11.5. The lowest BCUT2D eigenvalue weighted by Gasteiger charge is -2.32. The third-order valence-electron chi connectivity index (χ3n) is 3.18. The Bertz CT molecular complexity index is 259. The molecule has 1 amide bonds. The molecule has 0 radical (unpaired) electrons. The van der Waals surface area contributed by atoms with Crippen molar-refractivity contribution in [2.75, 3.05) is 0 Å². The van der Waals surface area contributed by atoms with E-state index >= 15 is 0 Å². The Morgan fingerprint density at radius 1 is 1.41 bits per heavy atom. The van der Waals surface area contributed by atoms with Gasteiger partial charge in [-0.2, -0.15) is 0 Å². The van der Waals surface area contributed by atoms with E-state index in [1.807, 2.05) is 27.7 Å². The summed E-state index contributed by atoms with van der Waals surface area (Å²) in [6.07, 6.45) is 3.99. The molecule has 4 heteroatoms. The van der Waals surface area contributed by atoms with E-state index in [9.17, 15) is 4.79 Å². The first-order chi connectivity index (χ1) is 7.78. The summed E-state index contributed by atoms with van der Waals surface area (Å²) in [6, 6.07) is 0.424. The molecule has 0 aromatic carbocycles. The van der Waals surface area contributed by atoms with E-state index in [4.69, 9.17) is 10.5 Å². The molecule has 1 aliphatic carbocycles. The van der Waals surface area contributed by atoms with Crippen LogP contribution in [0, 0.1) is 5.92 Å². The molecule has 0 aliphatic heterocycles. The summed E-state index contributed by atoms with van der Waals surface area (Å²) >= 11 is 0. The van der Waals surface area contributed by atoms with Gasteiger partial charge in [0.25, 0.3) is 0 Å². The maximum absolute atomic E-state index is 11.6. The number of alkyl carbamates (subject to hydrolysis) is 1. The Morgan fingerprint density at radius 2 is 2.06 bits per heavy atom. The third-order valence-corrected chi connectivity index (χ3v) is 3.18. The summed E-state index contributed by atoms with van der Waals surface area (Å²) in [7, 11) is 0. The highest BCUT2D eigenvalue weighted by molar-refractivity contribution is 5.68. The standard InChI is InChI=1S/C13H26N2O2/c1-9(14)10-6-5-7-11(8-10)15-12(16)17-13(2,3)4/h9-11H,5-8,14H2,1-4H3,(H,15,16)/t9-,10?,11-/m1/s1. The molecule has 0 bridgehead atoms. The minimum absolute atomic E-state index is 0.207. The normalized spacial score (nSPS) is 27.4. The second-order valence-corrected chi connectivity index (χ2v) is 6.13. The van der Waals surface area contributed by atoms with Crippen molar-refractivity contribution in [2.45, 2.75) is 71.1 Å². The zero-order chi connectivity index (χ0) is 13.1. The molecular formula is C13H26N2O2. The molecule has 17 heavy (non-hydrogen) atoms. The third kappa shape index (κ3) is 5.39. The molecule has 1 fully saturated rings. The van der Waals surface area contributed by atoms with Crippen LogP contribution in [0.1, 0.15) is 53.4 Å². The van der Waals surface area contributed by atoms with Crippen molar-refractivity contribution in [2.24, 2.45) is 11.7 Å². The second kappa shape index (κ2) is 5.71. The summed E-state index contributed by atoms with van der Waals surface area (Å²) in [5, 5.41) is 2.94. The Hall–Kier alpha value is -0.770. The molecule has 3 N–H and O–H groups in total. The molecule has 0 aromatic rings. The Kier molecular flexibility index (Phi) is 4.80. The first-order valence-corrected chi connectivity index (χ1v) is 6.53. The van der Waals surface area contributed by atoms with Crippen LogP contribution in [0.4, 0.5) is 4.79 Å². The lowest BCUT2D eigenvalue weighted by molar-refractivity contribution is 0.0482. The lowest BCUT2D eigenvalue weighted by atomic mass is 9.82. The summed E-state index contributed by atoms with van der Waals surface area (Å²) < 4.78 is 5.25. The van der Waals surface area contributed by atoms with Gasteiger partial charge in [-0.3, -0.25) is 0 Å². The number of ether oxygens (including phenoxy) is 1. The second-order valence-electron chi connectivity index (χ2n) is 6.13. The van der Waals surface area contributed by atoms with Gasteiger partial charge < -0.3 is 15.8 Å². The summed E-state index contributed by atoms with van der Waals surface area (Å²) in [4.78, 5) is 11.6. The van der Waals surface area contributed by atoms with Gasteiger partial charge in [0.05, 0.1) is 0 Å². The number of nitrogens with two attached hydrogens (primary N) is 1. The summed E-state index contributed by atoms with van der Waals surface area (Å²) in [5.74, 6) is 0.517. The van der Waals surface area contributed by atoms with Gasteiger partial charge >= 0.3 is 6.09 Å². The molecular weight excluding hydrogens is 216 g/mol. The van der Waals surface area contributed by atoms with Crippen LogP contribution in [0.15, 0.2) is 0 Å². The van der Waals surface area contributed by atoms with E-state index in [1.165, 1.54) is 6.42 Å². The Labute approximate surface area is 104 Å². The minimum Gasteiger partial charge on any atom is -0.444 e. The van der Waals surface area contributed by atoms with Crippen molar-refractivity contribution in [3.8, 4) is 0 Å². The minimum atomic E-state index is -0.431. The predicted molar refractivity (Wildman–Crippen MR) is 68.8 cm³/mol. The molecule has 4 nitrogen and oxygen atoms in total. The van der Waals surface area contributed by atoms with Gasteiger partial charge in [-0.25, -0.2) is 4.79 Å². The van der Waals surface area contributed by atoms with E-state index < -0.39 is 5.60 Å². The summed E-state index contributed by atoms with van der Waals surface area (Å²) in [5.41, 5.74) is 5.49. The van der Waals surface area contributed by atoms with Crippen molar-refractivity contribution in [1.82, 2.24) is 5.32 Å². The van der Waals surface area contributed by atoms with E-state index in [-0.39, 0.29) is 18.2 Å². The van der Waals surface area contributed by atoms with E-state index in [0.717, 1.165) is 19.3 Å². The van der Waals surface area contributed by atoms with Crippen LogP contribution in [0.3, 0.4) is 0 Å². The zero-order valence-corrected chi connectivity index (χ0v) is 11.5. The Balaban J connectivity index is 2.38. The number of hydrogen-bond donors (Lipinski definition) is 2. The molecule has 100 valence electrons. The van der Waals surface area contributed by atoms with Crippen LogP contribution >= 0.6 is 0 Å². The van der Waals surface area contributed by atoms with Crippen LogP contribution < -0.4 is 11.1 Å². The van der Waals surface area contributed by atoms with Crippen molar-refractivity contribution < 1.29 is 9.53 Å². The molecule has 0 aromatic heterocycles. The average Bonchev–Trinajstić information content (AvgIpc) is 2.14. The van der Waals surface area contributed by atoms with Crippen molar-refractivity contribution in [3.63, 3.8) is 0 Å². The molecule has 0 heterocycles. The monoisotopic (exact) mass is 242 g/mol. The van der Waals surface area contributed by atoms with E-state index in [1.54, 1.807) is 0 Å². The van der Waals surface area contributed by atoms with Gasteiger partial charge in [0.2, 0.25) is 0 Å². The predicted octanol–water partition coefficient (Wildman–Crippen LogP) is 2.42. The maximum Gasteiger partial charge on any atom is 0.407 e. The highest BCUT2D eigenvalue weighted by atomic mass is 16.6. The van der Waals surface area contributed by atoms with Crippen LogP contribution in [0.5, 0.6) is 0 Å². The number of carbonyl (C=O) groups is 1. The maximum atomic E-state index is 11.6. The number of amides is 1. The van der Waals surface area contributed by atoms with Gasteiger partial charge in [0.1, 0.15) is 5.60 Å². The Morgan fingerprint density at radius 3 is 2.59 bits per heavy atom. The number of rotatable bonds is 2. The van der Waals surface area contributed by atoms with Crippen molar-refractivity contribution in [1.29, 1.82) is 0 Å². The topological polar surface area (TPSA) is 64.3 Å². The summed E-state index contributed by atoms with van der Waals surface area (Å²) in [6.45, 7) is 7.66. The lowest BCUT2D eigenvalue weighted by Crippen LogP contribution is -2.43. The van der Waals surface area contributed by atoms with Gasteiger partial charge in [-0.05, 0) is 52.9 Å². The van der Waals surface area contributed by atoms with E-state index in [0.29, 0.717) is 5.92 Å². The molecule has 3 atom stereocenters. The molecule has 1 unspecified atom stereocenters. The number of carbonyl (C=O) groups excluding carboxylic acids is 1. The first-order valence-electron chi connectivity index (χ1n) is 6.53. The van der Waals surface area contributed by atoms with Gasteiger partial charge in [0, 0.05) is 12.1 Å². The molecule has 1 saturated carbocycles. The van der Waals surface area contributed by atoms with Crippen LogP contribution in [-0.2, 0) is 4.74 Å². The fourth-order valence-corrected chi connectivity index (χ4v) is 2.31. The molecule has 1 rings (SSSR count). The fraction of sp³-hybridized carbons (Fsp3) is 0.923. The van der Waals surface area contributed by atoms with Crippen LogP contribution in [-0.4, -0.2) is 23.8 Å². The highest BCUT2D eigenvalue weighted by Gasteiger charge is 2.26. The number of nitrogens with one attached hydrogen (secondary N) is 1. The van der Waals surface area contributed by atoms with Gasteiger partial charge in [-0.15, -0.1) is 0 Å².